The van der Waals surface area contributed by atoms with Crippen molar-refractivity contribution in [2.75, 3.05) is 26.2 Å². The van der Waals surface area contributed by atoms with E-state index in [1.807, 2.05) is 13.8 Å². The fraction of sp³-hybridized carbons (Fsp3) is 0.933. The molecular weight excluding hydrogens is 224 g/mol. The minimum absolute atomic E-state index is 0.157. The molecule has 3 nitrogen and oxygen atoms in total. The van der Waals surface area contributed by atoms with Crippen molar-refractivity contribution < 1.29 is 4.74 Å². The first kappa shape index (κ1) is 15.5. The van der Waals surface area contributed by atoms with Crippen molar-refractivity contribution in [1.29, 1.82) is 5.26 Å². The highest BCUT2D eigenvalue weighted by Crippen LogP contribution is 2.22. The fourth-order valence-corrected chi connectivity index (χ4v) is 2.55. The van der Waals surface area contributed by atoms with E-state index >= 15 is 0 Å². The van der Waals surface area contributed by atoms with E-state index in [1.165, 1.54) is 25.8 Å². The molecule has 0 radical (unpaired) electrons. The highest BCUT2D eigenvalue weighted by Gasteiger charge is 2.20. The monoisotopic (exact) mass is 252 g/mol. The number of ether oxygens (including phenoxy) is 1. The Hall–Kier alpha value is -0.590. The Labute approximate surface area is 112 Å². The molecule has 0 aromatic carbocycles. The molecule has 0 aliphatic carbocycles. The average molecular weight is 252 g/mol. The third-order valence-corrected chi connectivity index (χ3v) is 3.69. The van der Waals surface area contributed by atoms with Crippen LogP contribution in [0.4, 0.5) is 0 Å². The van der Waals surface area contributed by atoms with E-state index in [0.717, 1.165) is 32.5 Å². The number of hydrogen-bond donors (Lipinski definition) is 0. The Morgan fingerprint density at radius 3 is 2.83 bits per heavy atom. The number of rotatable bonds is 7. The van der Waals surface area contributed by atoms with Gasteiger partial charge in [0.05, 0.1) is 17.6 Å². The maximum absolute atomic E-state index is 8.96. The molecule has 1 aliphatic heterocycles. The zero-order chi connectivity index (χ0) is 13.4. The van der Waals surface area contributed by atoms with Gasteiger partial charge in [-0.1, -0.05) is 6.42 Å². The van der Waals surface area contributed by atoms with Crippen molar-refractivity contribution in [2.45, 2.75) is 59.0 Å². The predicted octanol–water partition coefficient (Wildman–Crippen LogP) is 3.21. The lowest BCUT2D eigenvalue weighted by Gasteiger charge is -2.32. The molecule has 104 valence electrons. The van der Waals surface area contributed by atoms with E-state index in [0.29, 0.717) is 6.10 Å². The second-order valence-electron chi connectivity index (χ2n) is 5.97. The number of likely N-dealkylation sites (tertiary alicyclic amines) is 1. The quantitative estimate of drug-likeness (QED) is 0.653. The van der Waals surface area contributed by atoms with Crippen LogP contribution in [0.5, 0.6) is 0 Å². The van der Waals surface area contributed by atoms with Gasteiger partial charge >= 0.3 is 0 Å². The average Bonchev–Trinajstić information content (AvgIpc) is 2.36. The van der Waals surface area contributed by atoms with Crippen LogP contribution in [0.25, 0.3) is 0 Å². The highest BCUT2D eigenvalue weighted by atomic mass is 16.5. The van der Waals surface area contributed by atoms with Gasteiger partial charge in [-0.2, -0.15) is 5.26 Å². The van der Waals surface area contributed by atoms with Crippen molar-refractivity contribution in [3.8, 4) is 6.07 Å². The van der Waals surface area contributed by atoms with Gasteiger partial charge in [-0.3, -0.25) is 0 Å². The van der Waals surface area contributed by atoms with Gasteiger partial charge in [-0.05, 0) is 59.5 Å². The number of nitrogens with zero attached hydrogens (tertiary/aromatic N) is 2. The van der Waals surface area contributed by atoms with Gasteiger partial charge in [0.25, 0.3) is 0 Å². The summed E-state index contributed by atoms with van der Waals surface area (Å²) in [5, 5.41) is 8.96. The van der Waals surface area contributed by atoms with Crippen LogP contribution in [0.15, 0.2) is 0 Å². The summed E-state index contributed by atoms with van der Waals surface area (Å²) in [4.78, 5) is 2.52. The minimum Gasteiger partial charge on any atom is -0.377 e. The predicted molar refractivity (Wildman–Crippen MR) is 74.3 cm³/mol. The molecule has 1 heterocycles. The summed E-state index contributed by atoms with van der Waals surface area (Å²) in [5.41, 5.74) is -0.157. The Balaban J connectivity index is 2.14. The molecule has 18 heavy (non-hydrogen) atoms. The van der Waals surface area contributed by atoms with Gasteiger partial charge in [0.2, 0.25) is 0 Å². The zero-order valence-corrected chi connectivity index (χ0v) is 12.2. The SMILES string of the molecule is CCOC1CCCN(CCCCC(C)(C)C#N)C1. The molecular formula is C15H28N2O. The van der Waals surface area contributed by atoms with Crippen LogP contribution in [-0.2, 0) is 4.74 Å². The first-order chi connectivity index (χ1) is 8.57. The van der Waals surface area contributed by atoms with E-state index in [4.69, 9.17) is 10.00 Å². The topological polar surface area (TPSA) is 36.3 Å². The molecule has 0 amide bonds. The lowest BCUT2D eigenvalue weighted by molar-refractivity contribution is 0.00548. The minimum atomic E-state index is -0.157. The number of piperidine rings is 1. The summed E-state index contributed by atoms with van der Waals surface area (Å²) in [6.07, 6.45) is 6.27. The molecule has 1 atom stereocenters. The van der Waals surface area contributed by atoms with Crippen LogP contribution in [0.1, 0.15) is 52.9 Å². The van der Waals surface area contributed by atoms with Gasteiger partial charge in [-0.25, -0.2) is 0 Å². The molecule has 1 aliphatic rings. The van der Waals surface area contributed by atoms with E-state index in [1.54, 1.807) is 0 Å². The number of unbranched alkanes of at least 4 members (excludes halogenated alkanes) is 1. The van der Waals surface area contributed by atoms with Crippen LogP contribution in [-0.4, -0.2) is 37.2 Å². The molecule has 1 unspecified atom stereocenters. The summed E-state index contributed by atoms with van der Waals surface area (Å²) in [7, 11) is 0. The van der Waals surface area contributed by atoms with Crippen LogP contribution in [0.3, 0.4) is 0 Å². The van der Waals surface area contributed by atoms with Gasteiger partial charge in [-0.15, -0.1) is 0 Å². The van der Waals surface area contributed by atoms with Crippen LogP contribution < -0.4 is 0 Å². The molecule has 0 aromatic heterocycles. The van der Waals surface area contributed by atoms with Crippen molar-refractivity contribution in [3.63, 3.8) is 0 Å². The molecule has 0 saturated carbocycles. The van der Waals surface area contributed by atoms with Crippen molar-refractivity contribution >= 4 is 0 Å². The second kappa shape index (κ2) is 7.76. The summed E-state index contributed by atoms with van der Waals surface area (Å²) in [6, 6.07) is 2.37. The lowest BCUT2D eigenvalue weighted by Crippen LogP contribution is -2.40. The maximum atomic E-state index is 8.96. The third kappa shape index (κ3) is 5.84. The molecule has 0 N–H and O–H groups in total. The van der Waals surface area contributed by atoms with Crippen LogP contribution in [0, 0.1) is 16.7 Å². The number of nitriles is 1. The first-order valence-electron chi connectivity index (χ1n) is 7.32. The second-order valence-corrected chi connectivity index (χ2v) is 5.97. The Morgan fingerprint density at radius 1 is 1.39 bits per heavy atom. The molecule has 3 heteroatoms. The Bertz CT molecular complexity index is 268. The molecule has 0 aromatic rings. The maximum Gasteiger partial charge on any atom is 0.0702 e. The van der Waals surface area contributed by atoms with E-state index in [9.17, 15) is 0 Å². The smallest absolute Gasteiger partial charge is 0.0702 e. The Morgan fingerprint density at radius 2 is 2.17 bits per heavy atom. The third-order valence-electron chi connectivity index (χ3n) is 3.69. The van der Waals surface area contributed by atoms with Gasteiger partial charge in [0.1, 0.15) is 0 Å². The van der Waals surface area contributed by atoms with Crippen LogP contribution in [0.2, 0.25) is 0 Å². The summed E-state index contributed by atoms with van der Waals surface area (Å²) >= 11 is 0. The summed E-state index contributed by atoms with van der Waals surface area (Å²) in [6.45, 7) is 10.4. The first-order valence-corrected chi connectivity index (χ1v) is 7.32. The van der Waals surface area contributed by atoms with E-state index < -0.39 is 0 Å². The zero-order valence-electron chi connectivity index (χ0n) is 12.2. The fourth-order valence-electron chi connectivity index (χ4n) is 2.55. The number of hydrogen-bond acceptors (Lipinski definition) is 3. The van der Waals surface area contributed by atoms with Crippen LogP contribution >= 0.6 is 0 Å². The lowest BCUT2D eigenvalue weighted by atomic mass is 9.89. The van der Waals surface area contributed by atoms with E-state index in [2.05, 4.69) is 17.9 Å². The molecule has 0 bridgehead atoms. The van der Waals surface area contributed by atoms with Crippen molar-refractivity contribution in [1.82, 2.24) is 4.90 Å². The summed E-state index contributed by atoms with van der Waals surface area (Å²) in [5.74, 6) is 0. The van der Waals surface area contributed by atoms with Crippen molar-refractivity contribution in [2.24, 2.45) is 5.41 Å². The van der Waals surface area contributed by atoms with Gasteiger partial charge in [0.15, 0.2) is 0 Å². The largest absolute Gasteiger partial charge is 0.377 e. The van der Waals surface area contributed by atoms with E-state index in [-0.39, 0.29) is 5.41 Å². The molecule has 1 saturated heterocycles. The standard InChI is InChI=1S/C15H28N2O/c1-4-18-14-8-7-11-17(12-14)10-6-5-9-15(2,3)13-16/h14H,4-12H2,1-3H3. The van der Waals surface area contributed by atoms with Gasteiger partial charge < -0.3 is 9.64 Å². The van der Waals surface area contributed by atoms with Crippen molar-refractivity contribution in [3.05, 3.63) is 0 Å². The Kier molecular flexibility index (Phi) is 6.67. The summed E-state index contributed by atoms with van der Waals surface area (Å²) < 4.78 is 5.71. The molecule has 1 rings (SSSR count). The normalized spacial score (nSPS) is 21.8. The molecule has 1 fully saturated rings. The highest BCUT2D eigenvalue weighted by molar-refractivity contribution is 4.91. The molecule has 0 spiro atoms. The van der Waals surface area contributed by atoms with Gasteiger partial charge in [0, 0.05) is 13.2 Å².